The highest BCUT2D eigenvalue weighted by Crippen LogP contribution is 2.32. The van der Waals surface area contributed by atoms with Crippen LogP contribution in [-0.4, -0.2) is 47.6 Å². The molecule has 1 saturated carbocycles. The Balaban J connectivity index is 0.000000956. The minimum absolute atomic E-state index is 0. The number of carbonyl (C=O) groups excluding carboxylic acids is 1. The van der Waals surface area contributed by atoms with Crippen molar-refractivity contribution in [3.05, 3.63) is 218 Å². The van der Waals surface area contributed by atoms with Gasteiger partial charge in [-0.05, 0) is 102 Å². The summed E-state index contributed by atoms with van der Waals surface area (Å²) in [7, 11) is 0.363. The van der Waals surface area contributed by atoms with Crippen LogP contribution in [-0.2, 0) is 51.4 Å². The van der Waals surface area contributed by atoms with Gasteiger partial charge in [0.15, 0.2) is 35.1 Å². The molecule has 2 fully saturated rings. The van der Waals surface area contributed by atoms with Gasteiger partial charge >= 0.3 is 0 Å². The van der Waals surface area contributed by atoms with E-state index in [1.807, 2.05) is 30.3 Å². The number of quaternary nitrogens is 2. The summed E-state index contributed by atoms with van der Waals surface area (Å²) >= 11 is 2.01. The van der Waals surface area contributed by atoms with E-state index in [9.17, 15) is 4.79 Å². The van der Waals surface area contributed by atoms with Crippen molar-refractivity contribution < 1.29 is 79.5 Å². The van der Waals surface area contributed by atoms with Crippen LogP contribution in [0.15, 0.2) is 242 Å². The highest BCUT2D eigenvalue weighted by molar-refractivity contribution is 7.98. The Bertz CT molecular complexity index is 2080. The highest BCUT2D eigenvalue weighted by Gasteiger charge is 2.29. The van der Waals surface area contributed by atoms with Gasteiger partial charge in [0.05, 0.1) is 34.9 Å². The Morgan fingerprint density at radius 3 is 1.00 bits per heavy atom. The Hall–Kier alpha value is -3.40. The highest BCUT2D eigenvalue weighted by atomic mass is 79.9. The minimum Gasteiger partial charge on any atom is -1.00 e. The molecule has 7 aromatic carbocycles. The standard InChI is InChI=1S/2C18H15S.C12H15OS.C7H14.2C3H9NO3S.2CH4.2BrH/c2*1-4-10-16(11-5-1)19(17-12-6-2-7-13-17)18-14-8-3-9-15-18;13-12(10-14-8-4-5-9-14)11-6-2-1-3-7-11;1-7-5-3-2-4-6-7;2*4-2-1-3-8-7-6-5;;;;/h2*1-15H;1-3,6-7H,4-5,8-10H2;7H,2-6H2,1H3;2*5H,1-4H2;2*1H4;2*1H/q3*+1;;;;;;;/p-2. The normalized spacial score (nSPS) is 12.3. The van der Waals surface area contributed by atoms with E-state index >= 15 is 0 Å². The van der Waals surface area contributed by atoms with Gasteiger partial charge in [-0.1, -0.05) is 193 Å². The van der Waals surface area contributed by atoms with Gasteiger partial charge in [0, 0.05) is 54.0 Å². The van der Waals surface area contributed by atoms with Crippen LogP contribution in [0.1, 0.15) is 89.9 Å². The van der Waals surface area contributed by atoms with Crippen LogP contribution in [0.3, 0.4) is 0 Å². The van der Waals surface area contributed by atoms with E-state index in [0.29, 0.717) is 16.7 Å². The quantitative estimate of drug-likeness (QED) is 0.0225. The van der Waals surface area contributed by atoms with Crippen molar-refractivity contribution in [3.8, 4) is 0 Å². The van der Waals surface area contributed by atoms with Crippen molar-refractivity contribution in [2.75, 3.05) is 41.9 Å². The molecule has 0 aromatic heterocycles. The van der Waals surface area contributed by atoms with Crippen molar-refractivity contribution in [1.29, 1.82) is 0 Å². The fourth-order valence-corrected chi connectivity index (χ4v) is 15.0. The molecule has 0 amide bonds. The van der Waals surface area contributed by atoms with E-state index < -0.39 is 0 Å². The van der Waals surface area contributed by atoms with Crippen LogP contribution in [0.5, 0.6) is 0 Å². The molecule has 432 valence electrons. The second-order valence-electron chi connectivity index (χ2n) is 17.2. The van der Waals surface area contributed by atoms with Crippen molar-refractivity contribution >= 4 is 62.6 Å². The zero-order valence-electron chi connectivity index (χ0n) is 44.2. The molecular formula is C63H85Br2N2O7S5+. The summed E-state index contributed by atoms with van der Waals surface area (Å²) in [5.74, 6) is 6.21. The maximum atomic E-state index is 11.8. The van der Waals surface area contributed by atoms with Gasteiger partial charge in [-0.2, -0.15) is 8.67 Å². The summed E-state index contributed by atoms with van der Waals surface area (Å²) in [6.45, 7) is 4.07. The van der Waals surface area contributed by atoms with Gasteiger partial charge in [0.2, 0.25) is 5.78 Å². The Labute approximate surface area is 512 Å². The van der Waals surface area contributed by atoms with E-state index in [4.69, 9.17) is 10.5 Å². The second-order valence-corrected chi connectivity index (χ2v) is 25.2. The van der Waals surface area contributed by atoms with Crippen LogP contribution >= 0.6 is 24.1 Å². The molecule has 6 N–H and O–H groups in total. The van der Waals surface area contributed by atoms with Crippen LogP contribution in [0, 0.1) is 5.92 Å². The molecule has 0 radical (unpaired) electrons. The first-order valence-electron chi connectivity index (χ1n) is 25.7. The summed E-state index contributed by atoms with van der Waals surface area (Å²) in [4.78, 5) is 20.0. The van der Waals surface area contributed by atoms with Gasteiger partial charge < -0.3 is 55.9 Å². The number of hydrogen-bond donors (Lipinski definition) is 2. The maximum Gasteiger partial charge on any atom is 0.211 e. The van der Waals surface area contributed by atoms with E-state index in [1.165, 1.54) is 85.8 Å². The van der Waals surface area contributed by atoms with Crippen molar-refractivity contribution in [2.24, 2.45) is 5.92 Å². The van der Waals surface area contributed by atoms with E-state index in [-0.39, 0.29) is 70.6 Å². The smallest absolute Gasteiger partial charge is 0.211 e. The fourth-order valence-electron chi connectivity index (χ4n) is 7.64. The predicted octanol–water partition coefficient (Wildman–Crippen LogP) is 6.69. The largest absolute Gasteiger partial charge is 1.00 e. The lowest BCUT2D eigenvalue weighted by Crippen LogP contribution is -3.00. The lowest BCUT2D eigenvalue weighted by atomic mass is 9.91. The Morgan fingerprint density at radius 1 is 0.481 bits per heavy atom. The van der Waals surface area contributed by atoms with Gasteiger partial charge in [-0.3, -0.25) is 14.9 Å². The minimum atomic E-state index is -0.0146. The zero-order valence-corrected chi connectivity index (χ0v) is 51.4. The molecule has 1 saturated heterocycles. The topological polar surface area (TPSA) is 155 Å². The number of rotatable bonds is 19. The van der Waals surface area contributed by atoms with Gasteiger partial charge in [0.25, 0.3) is 0 Å². The number of ketones is 1. The van der Waals surface area contributed by atoms with Crippen molar-refractivity contribution in [2.45, 2.75) is 109 Å². The first-order valence-corrected chi connectivity index (χ1v) is 31.7. The average Bonchev–Trinajstić information content (AvgIpc) is 4.00. The maximum absolute atomic E-state index is 11.8. The number of benzene rings is 7. The van der Waals surface area contributed by atoms with Crippen LogP contribution in [0.25, 0.3) is 0 Å². The molecule has 7 aromatic rings. The average molecular weight is 1300 g/mol. The summed E-state index contributed by atoms with van der Waals surface area (Å²) in [5, 5.41) is 24.4. The van der Waals surface area contributed by atoms with E-state index in [1.54, 1.807) is 0 Å². The number of halogens is 2. The second kappa shape index (κ2) is 50.3. The Kier molecular flexibility index (Phi) is 48.2. The van der Waals surface area contributed by atoms with E-state index in [0.717, 1.165) is 78.8 Å². The molecule has 79 heavy (non-hydrogen) atoms. The third-order valence-corrected chi connectivity index (χ3v) is 19.5. The van der Waals surface area contributed by atoms with Crippen LogP contribution in [0.4, 0.5) is 0 Å². The molecule has 0 unspecified atom stereocenters. The van der Waals surface area contributed by atoms with Crippen LogP contribution in [0.2, 0.25) is 0 Å². The molecule has 16 heteroatoms. The lowest BCUT2D eigenvalue weighted by molar-refractivity contribution is -0.777. The first kappa shape index (κ1) is 75.6. The monoisotopic (exact) mass is 1300 g/mol. The summed E-state index contributed by atoms with van der Waals surface area (Å²) < 4.78 is 7.94. The molecule has 0 atom stereocenters. The first-order chi connectivity index (χ1) is 37.0. The third kappa shape index (κ3) is 32.7. The third-order valence-electron chi connectivity index (χ3n) is 11.4. The lowest BCUT2D eigenvalue weighted by Gasteiger charge is -2.15. The molecule has 1 aliphatic heterocycles. The summed E-state index contributed by atoms with van der Waals surface area (Å²) in [5.41, 5.74) is 8.07. The summed E-state index contributed by atoms with van der Waals surface area (Å²) in [6, 6.07) is 74.0. The number of Topliss-reactive ketones (excluding diaryl/α,β-unsaturated/α-hetero) is 1. The molecule has 0 spiro atoms. The number of hydrogen-bond acceptors (Lipinski definition) is 9. The molecule has 1 heterocycles. The molecule has 0 bridgehead atoms. The van der Waals surface area contributed by atoms with Gasteiger partial charge in [-0.25, -0.2) is 0 Å². The van der Waals surface area contributed by atoms with Gasteiger partial charge in [-0.15, -0.1) is 0 Å². The van der Waals surface area contributed by atoms with Crippen molar-refractivity contribution in [1.82, 2.24) is 0 Å². The SMILES string of the molecule is C.C.CC1CCCCC1.O=C(C[S+]1CCCC1)c1ccccc1.[Br-].[Br-].[NH3+]CCCSOO[O-].[NH3+]CCCSOO[O-].c1ccc([S+](c2ccccc2)c2ccccc2)cc1.c1ccc([S+](c2ccccc2)c2ccccc2)cc1. The molecular weight excluding hydrogens is 1220 g/mol. The molecule has 2 aliphatic rings. The zero-order chi connectivity index (χ0) is 53.2. The van der Waals surface area contributed by atoms with E-state index in [2.05, 4.69) is 219 Å². The Morgan fingerprint density at radius 2 is 0.759 bits per heavy atom. The molecule has 1 aliphatic carbocycles. The fraction of sp³-hybridized carbons (Fsp3) is 0.317. The molecule has 9 rings (SSSR count). The van der Waals surface area contributed by atoms with Crippen molar-refractivity contribution in [3.63, 3.8) is 0 Å². The van der Waals surface area contributed by atoms with Crippen LogP contribution < -0.4 is 55.9 Å². The predicted molar refractivity (Wildman–Crippen MR) is 325 cm³/mol. The number of carbonyl (C=O) groups is 1. The molecule has 9 nitrogen and oxygen atoms in total. The van der Waals surface area contributed by atoms with Gasteiger partial charge in [0.1, 0.15) is 11.5 Å². The summed E-state index contributed by atoms with van der Waals surface area (Å²) in [6.07, 6.45) is 12.0.